The van der Waals surface area contributed by atoms with Crippen molar-refractivity contribution < 1.29 is 4.52 Å². The first-order valence-corrected chi connectivity index (χ1v) is 7.34. The highest BCUT2D eigenvalue weighted by molar-refractivity contribution is 9.10. The van der Waals surface area contributed by atoms with Crippen molar-refractivity contribution in [3.8, 4) is 11.4 Å². The van der Waals surface area contributed by atoms with Crippen molar-refractivity contribution in [1.82, 2.24) is 10.1 Å². The number of rotatable bonds is 3. The third-order valence-corrected chi connectivity index (χ3v) is 3.80. The van der Waals surface area contributed by atoms with Gasteiger partial charge in [-0.3, -0.25) is 0 Å². The zero-order valence-corrected chi connectivity index (χ0v) is 13.1. The Labute approximate surface area is 131 Å². The molecule has 0 aliphatic carbocycles. The molecule has 2 N–H and O–H groups in total. The largest absolute Gasteiger partial charge is 0.399 e. The molecule has 0 radical (unpaired) electrons. The monoisotopic (exact) mass is 343 g/mol. The molecule has 0 aliphatic rings. The zero-order valence-electron chi connectivity index (χ0n) is 11.5. The number of benzene rings is 2. The van der Waals surface area contributed by atoms with Crippen molar-refractivity contribution in [3.63, 3.8) is 0 Å². The van der Waals surface area contributed by atoms with Crippen LogP contribution in [-0.4, -0.2) is 10.1 Å². The lowest BCUT2D eigenvalue weighted by atomic mass is 10.1. The van der Waals surface area contributed by atoms with E-state index in [4.69, 9.17) is 10.3 Å². The van der Waals surface area contributed by atoms with E-state index in [0.717, 1.165) is 21.3 Å². The van der Waals surface area contributed by atoms with Gasteiger partial charge in [0.15, 0.2) is 0 Å². The molecule has 0 unspecified atom stereocenters. The van der Waals surface area contributed by atoms with E-state index >= 15 is 0 Å². The van der Waals surface area contributed by atoms with Gasteiger partial charge < -0.3 is 10.3 Å². The topological polar surface area (TPSA) is 64.9 Å². The highest BCUT2D eigenvalue weighted by atomic mass is 79.9. The van der Waals surface area contributed by atoms with Crippen molar-refractivity contribution in [3.05, 3.63) is 64.0 Å². The summed E-state index contributed by atoms with van der Waals surface area (Å²) in [4.78, 5) is 4.45. The fourth-order valence-electron chi connectivity index (χ4n) is 2.12. The van der Waals surface area contributed by atoms with Crippen molar-refractivity contribution in [2.24, 2.45) is 0 Å². The second kappa shape index (κ2) is 5.69. The Hall–Kier alpha value is -2.14. The Kier molecular flexibility index (Phi) is 3.75. The van der Waals surface area contributed by atoms with Crippen LogP contribution in [0.25, 0.3) is 11.4 Å². The lowest BCUT2D eigenvalue weighted by Crippen LogP contribution is -1.91. The van der Waals surface area contributed by atoms with Crippen LogP contribution in [-0.2, 0) is 6.42 Å². The second-order valence-electron chi connectivity index (χ2n) is 4.92. The maximum atomic E-state index is 5.77. The van der Waals surface area contributed by atoms with Gasteiger partial charge in [-0.05, 0) is 42.3 Å². The molecule has 0 saturated carbocycles. The average molecular weight is 344 g/mol. The van der Waals surface area contributed by atoms with E-state index in [-0.39, 0.29) is 0 Å². The Morgan fingerprint density at radius 3 is 2.81 bits per heavy atom. The van der Waals surface area contributed by atoms with Gasteiger partial charge >= 0.3 is 0 Å². The number of hydrogen-bond acceptors (Lipinski definition) is 4. The summed E-state index contributed by atoms with van der Waals surface area (Å²) >= 11 is 3.53. The maximum Gasteiger partial charge on any atom is 0.231 e. The number of halogens is 1. The smallest absolute Gasteiger partial charge is 0.231 e. The van der Waals surface area contributed by atoms with Gasteiger partial charge in [0.2, 0.25) is 11.7 Å². The van der Waals surface area contributed by atoms with Crippen LogP contribution in [0.1, 0.15) is 17.0 Å². The van der Waals surface area contributed by atoms with Crippen LogP contribution in [0.4, 0.5) is 5.69 Å². The van der Waals surface area contributed by atoms with Gasteiger partial charge in [0, 0.05) is 15.7 Å². The van der Waals surface area contributed by atoms with Crippen LogP contribution in [0.15, 0.2) is 51.5 Å². The summed E-state index contributed by atoms with van der Waals surface area (Å²) in [5.74, 6) is 1.16. The standard InChI is InChI=1S/C16H14BrN3O/c1-10-5-6-13(14(17)7-10)16-19-15(21-20-16)9-11-3-2-4-12(18)8-11/h2-8H,9,18H2,1H3. The van der Waals surface area contributed by atoms with E-state index in [0.29, 0.717) is 18.1 Å². The normalized spacial score (nSPS) is 10.8. The van der Waals surface area contributed by atoms with Crippen molar-refractivity contribution >= 4 is 21.6 Å². The number of nitrogen functional groups attached to an aromatic ring is 1. The summed E-state index contributed by atoms with van der Waals surface area (Å²) in [6, 6.07) is 13.7. The van der Waals surface area contributed by atoms with E-state index in [2.05, 4.69) is 26.1 Å². The van der Waals surface area contributed by atoms with Gasteiger partial charge in [0.05, 0.1) is 6.42 Å². The molecular formula is C16H14BrN3O. The minimum Gasteiger partial charge on any atom is -0.399 e. The maximum absolute atomic E-state index is 5.77. The van der Waals surface area contributed by atoms with Crippen molar-refractivity contribution in [1.29, 1.82) is 0 Å². The molecule has 0 spiro atoms. The molecule has 3 aromatic rings. The fourth-order valence-corrected chi connectivity index (χ4v) is 2.79. The zero-order chi connectivity index (χ0) is 14.8. The van der Waals surface area contributed by atoms with Crippen LogP contribution in [0.2, 0.25) is 0 Å². The lowest BCUT2D eigenvalue weighted by molar-refractivity contribution is 0.385. The summed E-state index contributed by atoms with van der Waals surface area (Å²) in [6.45, 7) is 2.04. The van der Waals surface area contributed by atoms with E-state index in [1.807, 2.05) is 49.4 Å². The molecule has 0 aliphatic heterocycles. The molecule has 0 fully saturated rings. The van der Waals surface area contributed by atoms with Crippen LogP contribution in [0, 0.1) is 6.92 Å². The summed E-state index contributed by atoms with van der Waals surface area (Å²) in [6.07, 6.45) is 0.571. The van der Waals surface area contributed by atoms with Crippen molar-refractivity contribution in [2.45, 2.75) is 13.3 Å². The molecule has 0 bridgehead atoms. The highest BCUT2D eigenvalue weighted by Crippen LogP contribution is 2.27. The van der Waals surface area contributed by atoms with Crippen LogP contribution < -0.4 is 5.73 Å². The van der Waals surface area contributed by atoms with Gasteiger partial charge in [-0.15, -0.1) is 0 Å². The SMILES string of the molecule is Cc1ccc(-c2noc(Cc3cccc(N)c3)n2)c(Br)c1. The Bertz CT molecular complexity index is 783. The number of nitrogens with two attached hydrogens (primary N) is 1. The average Bonchev–Trinajstić information content (AvgIpc) is 2.87. The molecule has 2 aromatic carbocycles. The number of anilines is 1. The summed E-state index contributed by atoms with van der Waals surface area (Å²) in [5.41, 5.74) is 9.64. The molecule has 1 aromatic heterocycles. The van der Waals surface area contributed by atoms with E-state index in [9.17, 15) is 0 Å². The van der Waals surface area contributed by atoms with E-state index < -0.39 is 0 Å². The Morgan fingerprint density at radius 1 is 1.19 bits per heavy atom. The number of aryl methyl sites for hydroxylation is 1. The van der Waals surface area contributed by atoms with E-state index in [1.165, 1.54) is 5.56 Å². The van der Waals surface area contributed by atoms with Gasteiger partial charge in [-0.1, -0.05) is 39.3 Å². The van der Waals surface area contributed by atoms with Gasteiger partial charge in [0.1, 0.15) is 0 Å². The summed E-state index contributed by atoms with van der Waals surface area (Å²) in [7, 11) is 0. The molecule has 4 nitrogen and oxygen atoms in total. The molecule has 5 heteroatoms. The predicted molar refractivity (Wildman–Crippen MR) is 85.8 cm³/mol. The third-order valence-electron chi connectivity index (χ3n) is 3.14. The first-order valence-electron chi connectivity index (χ1n) is 6.55. The van der Waals surface area contributed by atoms with E-state index in [1.54, 1.807) is 0 Å². The first kappa shape index (κ1) is 13.8. The molecule has 106 valence electrons. The van der Waals surface area contributed by atoms with Crippen LogP contribution >= 0.6 is 15.9 Å². The quantitative estimate of drug-likeness (QED) is 0.730. The minimum absolute atomic E-state index is 0.571. The second-order valence-corrected chi connectivity index (χ2v) is 5.77. The van der Waals surface area contributed by atoms with Gasteiger partial charge in [0.25, 0.3) is 0 Å². The molecule has 0 atom stereocenters. The fraction of sp³-hybridized carbons (Fsp3) is 0.125. The minimum atomic E-state index is 0.571. The predicted octanol–water partition coefficient (Wildman–Crippen LogP) is 3.98. The van der Waals surface area contributed by atoms with Gasteiger partial charge in [-0.2, -0.15) is 4.98 Å². The molecular weight excluding hydrogens is 330 g/mol. The van der Waals surface area contributed by atoms with Crippen LogP contribution in [0.5, 0.6) is 0 Å². The lowest BCUT2D eigenvalue weighted by Gasteiger charge is -2.00. The molecule has 21 heavy (non-hydrogen) atoms. The Morgan fingerprint density at radius 2 is 2.05 bits per heavy atom. The van der Waals surface area contributed by atoms with Crippen molar-refractivity contribution in [2.75, 3.05) is 5.73 Å². The summed E-state index contributed by atoms with van der Waals surface area (Å²) in [5, 5.41) is 4.05. The number of hydrogen-bond donors (Lipinski definition) is 1. The summed E-state index contributed by atoms with van der Waals surface area (Å²) < 4.78 is 6.28. The van der Waals surface area contributed by atoms with Crippen LogP contribution in [0.3, 0.4) is 0 Å². The number of aromatic nitrogens is 2. The first-order chi connectivity index (χ1) is 10.1. The molecule has 1 heterocycles. The highest BCUT2D eigenvalue weighted by Gasteiger charge is 2.12. The molecule has 3 rings (SSSR count). The molecule has 0 amide bonds. The Balaban J connectivity index is 1.86. The number of nitrogens with zero attached hydrogens (tertiary/aromatic N) is 2. The molecule has 0 saturated heterocycles. The third kappa shape index (κ3) is 3.13. The van der Waals surface area contributed by atoms with Gasteiger partial charge in [-0.25, -0.2) is 0 Å².